The van der Waals surface area contributed by atoms with E-state index in [1.165, 1.54) is 5.57 Å². The van der Waals surface area contributed by atoms with Gasteiger partial charge in [-0.3, -0.25) is 0 Å². The van der Waals surface area contributed by atoms with Crippen LogP contribution in [0.15, 0.2) is 84.3 Å². The van der Waals surface area contributed by atoms with E-state index in [2.05, 4.69) is 47.6 Å². The van der Waals surface area contributed by atoms with Crippen molar-refractivity contribution in [2.75, 3.05) is 0 Å². The predicted molar refractivity (Wildman–Crippen MR) is 66.2 cm³/mol. The average molecular weight is 221 g/mol. The molecule has 3 aliphatic heterocycles. The van der Waals surface area contributed by atoms with Crippen LogP contribution in [0, 0.1) is 5.41 Å². The zero-order chi connectivity index (χ0) is 11.3. The molecule has 2 nitrogen and oxygen atoms in total. The molecular formula is C15H11NO. The van der Waals surface area contributed by atoms with Crippen molar-refractivity contribution < 1.29 is 4.74 Å². The Labute approximate surface area is 99.9 Å². The van der Waals surface area contributed by atoms with Gasteiger partial charge in [0.15, 0.2) is 0 Å². The van der Waals surface area contributed by atoms with Crippen LogP contribution in [0.25, 0.3) is 0 Å². The summed E-state index contributed by atoms with van der Waals surface area (Å²) in [6.45, 7) is 0. The third kappa shape index (κ3) is 0.998. The summed E-state index contributed by atoms with van der Waals surface area (Å²) in [5.41, 5.74) is 2.17. The van der Waals surface area contributed by atoms with E-state index in [1.54, 1.807) is 6.26 Å². The number of rotatable bonds is 0. The molecule has 4 aliphatic rings. The second-order valence-electron chi connectivity index (χ2n) is 4.41. The van der Waals surface area contributed by atoms with Crippen LogP contribution in [-0.4, -0.2) is 4.90 Å². The normalized spacial score (nSPS) is 31.1. The fourth-order valence-electron chi connectivity index (χ4n) is 2.67. The van der Waals surface area contributed by atoms with Gasteiger partial charge in [0.2, 0.25) is 0 Å². The van der Waals surface area contributed by atoms with Gasteiger partial charge in [0, 0.05) is 12.4 Å². The van der Waals surface area contributed by atoms with E-state index < -0.39 is 0 Å². The minimum Gasteiger partial charge on any atom is -0.466 e. The first kappa shape index (κ1) is 8.88. The summed E-state index contributed by atoms with van der Waals surface area (Å²) in [4.78, 5) is 2.11. The Hall–Kier alpha value is -2.22. The Morgan fingerprint density at radius 2 is 1.94 bits per heavy atom. The molecule has 0 aromatic carbocycles. The molecule has 0 aromatic heterocycles. The van der Waals surface area contributed by atoms with Gasteiger partial charge < -0.3 is 9.64 Å². The molecule has 1 unspecified atom stereocenters. The second kappa shape index (κ2) is 2.92. The maximum atomic E-state index is 5.73. The highest BCUT2D eigenvalue weighted by molar-refractivity contribution is 5.56. The van der Waals surface area contributed by atoms with Crippen LogP contribution in [0.2, 0.25) is 0 Å². The molecule has 0 saturated carbocycles. The number of nitrogens with zero attached hydrogens (tertiary/aromatic N) is 1. The first-order valence-electron chi connectivity index (χ1n) is 5.71. The van der Waals surface area contributed by atoms with Crippen molar-refractivity contribution in [2.24, 2.45) is 5.41 Å². The minimum atomic E-state index is -0.184. The Morgan fingerprint density at radius 3 is 2.94 bits per heavy atom. The zero-order valence-electron chi connectivity index (χ0n) is 9.21. The lowest BCUT2D eigenvalue weighted by atomic mass is 9.74. The first-order valence-corrected chi connectivity index (χ1v) is 5.71. The molecule has 0 N–H and O–H groups in total. The molecule has 0 radical (unpaired) electrons. The Balaban J connectivity index is 2.00. The highest BCUT2D eigenvalue weighted by Gasteiger charge is 2.43. The highest BCUT2D eigenvalue weighted by atomic mass is 16.5. The van der Waals surface area contributed by atoms with E-state index in [9.17, 15) is 0 Å². The lowest BCUT2D eigenvalue weighted by Crippen LogP contribution is -2.30. The summed E-state index contributed by atoms with van der Waals surface area (Å²) >= 11 is 0. The van der Waals surface area contributed by atoms with Crippen molar-refractivity contribution in [1.82, 2.24) is 4.90 Å². The fourth-order valence-corrected chi connectivity index (χ4v) is 2.67. The Bertz CT molecular complexity index is 598. The molecule has 1 spiro atoms. The number of hydrogen-bond donors (Lipinski definition) is 0. The molecule has 4 rings (SSSR count). The minimum absolute atomic E-state index is 0.184. The van der Waals surface area contributed by atoms with E-state index in [0.717, 1.165) is 11.5 Å². The Kier molecular flexibility index (Phi) is 1.52. The van der Waals surface area contributed by atoms with Crippen LogP contribution >= 0.6 is 0 Å². The monoisotopic (exact) mass is 221 g/mol. The molecule has 1 atom stereocenters. The van der Waals surface area contributed by atoms with Crippen LogP contribution in [0.3, 0.4) is 0 Å². The molecule has 0 amide bonds. The van der Waals surface area contributed by atoms with E-state index >= 15 is 0 Å². The SMILES string of the molecule is C1=CC2=CN3C=CC=CC3=C3OC=CC23C=C1. The van der Waals surface area contributed by atoms with Gasteiger partial charge in [-0.05, 0) is 23.8 Å². The third-order valence-electron chi connectivity index (χ3n) is 3.52. The van der Waals surface area contributed by atoms with Gasteiger partial charge in [0.05, 0.1) is 17.4 Å². The standard InChI is InChI=1S/C15H11NO/c1-3-7-15-8-10-17-14(15)13-6-2-4-9-16(13)11-12(15)5-1/h1-11H. The summed E-state index contributed by atoms with van der Waals surface area (Å²) in [5.74, 6) is 0.996. The summed E-state index contributed by atoms with van der Waals surface area (Å²) in [6.07, 6.45) is 22.7. The third-order valence-corrected chi connectivity index (χ3v) is 3.52. The van der Waals surface area contributed by atoms with Crippen molar-refractivity contribution in [3.63, 3.8) is 0 Å². The molecule has 17 heavy (non-hydrogen) atoms. The predicted octanol–water partition coefficient (Wildman–Crippen LogP) is 3.14. The highest BCUT2D eigenvalue weighted by Crippen LogP contribution is 2.50. The van der Waals surface area contributed by atoms with Gasteiger partial charge in [-0.2, -0.15) is 0 Å². The number of fused-ring (bicyclic) bond motifs is 1. The maximum Gasteiger partial charge on any atom is 0.145 e. The van der Waals surface area contributed by atoms with Gasteiger partial charge in [0.25, 0.3) is 0 Å². The lowest BCUT2D eigenvalue weighted by Gasteiger charge is -2.37. The summed E-state index contributed by atoms with van der Waals surface area (Å²) < 4.78 is 5.73. The van der Waals surface area contributed by atoms with Crippen molar-refractivity contribution in [3.8, 4) is 0 Å². The van der Waals surface area contributed by atoms with Gasteiger partial charge in [-0.1, -0.05) is 30.4 Å². The lowest BCUT2D eigenvalue weighted by molar-refractivity contribution is 0.304. The van der Waals surface area contributed by atoms with Crippen LogP contribution < -0.4 is 0 Å². The van der Waals surface area contributed by atoms with E-state index in [1.807, 2.05) is 18.4 Å². The maximum absolute atomic E-state index is 5.73. The molecule has 0 fully saturated rings. The molecule has 1 aliphatic carbocycles. The Morgan fingerprint density at radius 1 is 1.00 bits per heavy atom. The van der Waals surface area contributed by atoms with Gasteiger partial charge in [-0.15, -0.1) is 0 Å². The van der Waals surface area contributed by atoms with Gasteiger partial charge in [-0.25, -0.2) is 0 Å². The smallest absolute Gasteiger partial charge is 0.145 e. The van der Waals surface area contributed by atoms with E-state index in [0.29, 0.717) is 0 Å². The van der Waals surface area contributed by atoms with Crippen LogP contribution in [-0.2, 0) is 4.74 Å². The molecule has 2 heteroatoms. The van der Waals surface area contributed by atoms with Crippen LogP contribution in [0.1, 0.15) is 0 Å². The fraction of sp³-hybridized carbons (Fsp3) is 0.0667. The van der Waals surface area contributed by atoms with Crippen molar-refractivity contribution in [3.05, 3.63) is 84.3 Å². The number of allylic oxidation sites excluding steroid dienone is 7. The summed E-state index contributed by atoms with van der Waals surface area (Å²) in [5, 5.41) is 0. The van der Waals surface area contributed by atoms with Crippen LogP contribution in [0.4, 0.5) is 0 Å². The summed E-state index contributed by atoms with van der Waals surface area (Å²) in [7, 11) is 0. The molecule has 82 valence electrons. The molecule has 0 aromatic rings. The van der Waals surface area contributed by atoms with Gasteiger partial charge in [0.1, 0.15) is 5.76 Å². The van der Waals surface area contributed by atoms with Crippen LogP contribution in [0.5, 0.6) is 0 Å². The van der Waals surface area contributed by atoms with E-state index in [-0.39, 0.29) is 5.41 Å². The number of hydrogen-bond acceptors (Lipinski definition) is 2. The van der Waals surface area contributed by atoms with Crippen molar-refractivity contribution >= 4 is 0 Å². The molecule has 3 heterocycles. The second-order valence-corrected chi connectivity index (χ2v) is 4.41. The van der Waals surface area contributed by atoms with Gasteiger partial charge >= 0.3 is 0 Å². The molecule has 0 saturated heterocycles. The summed E-state index contributed by atoms with van der Waals surface area (Å²) in [6, 6.07) is 0. The molecular weight excluding hydrogens is 210 g/mol. The average Bonchev–Trinajstić information content (AvgIpc) is 2.80. The quantitative estimate of drug-likeness (QED) is 0.623. The zero-order valence-corrected chi connectivity index (χ0v) is 9.21. The van der Waals surface area contributed by atoms with Crippen molar-refractivity contribution in [1.29, 1.82) is 0 Å². The molecule has 0 bridgehead atoms. The largest absolute Gasteiger partial charge is 0.466 e. The van der Waals surface area contributed by atoms with E-state index in [4.69, 9.17) is 4.74 Å². The van der Waals surface area contributed by atoms with Crippen molar-refractivity contribution in [2.45, 2.75) is 0 Å². The number of ether oxygens (including phenoxy) is 1. The first-order chi connectivity index (χ1) is 8.40. The topological polar surface area (TPSA) is 12.5 Å².